The van der Waals surface area contributed by atoms with E-state index in [9.17, 15) is 13.2 Å². The molecule has 0 saturated carbocycles. The first kappa shape index (κ1) is 14.8. The van der Waals surface area contributed by atoms with Crippen LogP contribution in [0.15, 0.2) is 23.1 Å². The zero-order valence-electron chi connectivity index (χ0n) is 11.5. The van der Waals surface area contributed by atoms with E-state index in [1.54, 1.807) is 17.9 Å². The van der Waals surface area contributed by atoms with Crippen molar-refractivity contribution in [3.8, 4) is 5.75 Å². The lowest BCUT2D eigenvalue weighted by molar-refractivity contribution is -0.117. The molecule has 0 aliphatic carbocycles. The summed E-state index contributed by atoms with van der Waals surface area (Å²) in [6.45, 7) is 2.61. The number of carbonyl (C=O) groups is 1. The molecule has 0 radical (unpaired) electrons. The predicted octanol–water partition coefficient (Wildman–Crippen LogP) is 1.12. The SMILES string of the molecule is CCNS(=O)(=O)c1ccc(OC)c(N2CCCC2=O)c1. The monoisotopic (exact) mass is 298 g/mol. The van der Waals surface area contributed by atoms with Gasteiger partial charge in [0.15, 0.2) is 0 Å². The van der Waals surface area contributed by atoms with Crippen LogP contribution in [0.1, 0.15) is 19.8 Å². The Labute approximate surface area is 118 Å². The highest BCUT2D eigenvalue weighted by molar-refractivity contribution is 7.89. The van der Waals surface area contributed by atoms with Gasteiger partial charge in [0, 0.05) is 19.5 Å². The molecular formula is C13H18N2O4S. The van der Waals surface area contributed by atoms with Crippen LogP contribution in [0, 0.1) is 0 Å². The van der Waals surface area contributed by atoms with Gasteiger partial charge in [0.1, 0.15) is 5.75 Å². The topological polar surface area (TPSA) is 75.7 Å². The van der Waals surface area contributed by atoms with Crippen molar-refractivity contribution in [1.29, 1.82) is 0 Å². The molecule has 1 saturated heterocycles. The molecule has 1 amide bonds. The molecule has 0 aromatic heterocycles. The first-order valence-electron chi connectivity index (χ1n) is 6.47. The van der Waals surface area contributed by atoms with Crippen molar-refractivity contribution in [2.45, 2.75) is 24.7 Å². The Bertz CT molecular complexity index is 613. The van der Waals surface area contributed by atoms with E-state index in [-0.39, 0.29) is 10.8 Å². The normalized spacial score (nSPS) is 15.7. The van der Waals surface area contributed by atoms with Gasteiger partial charge in [0.2, 0.25) is 15.9 Å². The fourth-order valence-electron chi connectivity index (χ4n) is 2.22. The number of hydrogen-bond donors (Lipinski definition) is 1. The molecule has 0 atom stereocenters. The molecule has 20 heavy (non-hydrogen) atoms. The van der Waals surface area contributed by atoms with E-state index in [0.717, 1.165) is 6.42 Å². The fraction of sp³-hybridized carbons (Fsp3) is 0.462. The summed E-state index contributed by atoms with van der Waals surface area (Å²) in [5.74, 6) is 0.483. The quantitative estimate of drug-likeness (QED) is 0.884. The number of hydrogen-bond acceptors (Lipinski definition) is 4. The average Bonchev–Trinajstić information content (AvgIpc) is 2.84. The standard InChI is InChI=1S/C13H18N2O4S/c1-3-14-20(17,18)10-6-7-12(19-2)11(9-10)15-8-4-5-13(15)16/h6-7,9,14H,3-5,8H2,1-2H3. The lowest BCUT2D eigenvalue weighted by Crippen LogP contribution is -2.26. The summed E-state index contributed by atoms with van der Waals surface area (Å²) in [6, 6.07) is 4.53. The molecule has 7 heteroatoms. The van der Waals surface area contributed by atoms with Crippen molar-refractivity contribution < 1.29 is 17.9 Å². The highest BCUT2D eigenvalue weighted by Crippen LogP contribution is 2.33. The molecule has 1 aliphatic heterocycles. The zero-order chi connectivity index (χ0) is 14.8. The maximum atomic E-state index is 12.0. The van der Waals surface area contributed by atoms with Crippen molar-refractivity contribution in [2.75, 3.05) is 25.1 Å². The van der Waals surface area contributed by atoms with Crippen LogP contribution in [-0.4, -0.2) is 34.5 Å². The number of nitrogens with zero attached hydrogens (tertiary/aromatic N) is 1. The molecule has 0 spiro atoms. The lowest BCUT2D eigenvalue weighted by Gasteiger charge is -2.19. The van der Waals surface area contributed by atoms with Gasteiger partial charge in [-0.2, -0.15) is 0 Å². The summed E-state index contributed by atoms with van der Waals surface area (Å²) < 4.78 is 31.7. The molecule has 1 N–H and O–H groups in total. The van der Waals surface area contributed by atoms with Gasteiger partial charge >= 0.3 is 0 Å². The van der Waals surface area contributed by atoms with Crippen LogP contribution in [0.5, 0.6) is 5.75 Å². The highest BCUT2D eigenvalue weighted by atomic mass is 32.2. The third-order valence-corrected chi connectivity index (χ3v) is 4.70. The molecule has 2 rings (SSSR count). The molecule has 0 bridgehead atoms. The Kier molecular flexibility index (Phi) is 4.29. The zero-order valence-corrected chi connectivity index (χ0v) is 12.4. The predicted molar refractivity (Wildman–Crippen MR) is 75.4 cm³/mol. The van der Waals surface area contributed by atoms with Gasteiger partial charge in [0.05, 0.1) is 17.7 Å². The summed E-state index contributed by atoms with van der Waals surface area (Å²) in [7, 11) is -2.05. The molecule has 1 heterocycles. The van der Waals surface area contributed by atoms with Crippen molar-refractivity contribution in [3.63, 3.8) is 0 Å². The minimum absolute atomic E-state index is 0.0127. The van der Waals surface area contributed by atoms with E-state index in [1.807, 2.05) is 0 Å². The van der Waals surface area contributed by atoms with E-state index in [1.165, 1.54) is 19.2 Å². The third-order valence-electron chi connectivity index (χ3n) is 3.16. The Morgan fingerprint density at radius 2 is 2.15 bits per heavy atom. The number of anilines is 1. The summed E-state index contributed by atoms with van der Waals surface area (Å²) in [5.41, 5.74) is 0.508. The van der Waals surface area contributed by atoms with Gasteiger partial charge in [-0.05, 0) is 24.6 Å². The molecule has 110 valence electrons. The van der Waals surface area contributed by atoms with E-state index >= 15 is 0 Å². The van der Waals surface area contributed by atoms with Crippen molar-refractivity contribution in [2.24, 2.45) is 0 Å². The van der Waals surface area contributed by atoms with E-state index in [4.69, 9.17) is 4.74 Å². The third kappa shape index (κ3) is 2.78. The van der Waals surface area contributed by atoms with Crippen LogP contribution >= 0.6 is 0 Å². The Morgan fingerprint density at radius 1 is 1.40 bits per heavy atom. The fourth-order valence-corrected chi connectivity index (χ4v) is 3.28. The summed E-state index contributed by atoms with van der Waals surface area (Å²) >= 11 is 0. The lowest BCUT2D eigenvalue weighted by atomic mass is 10.2. The second-order valence-corrected chi connectivity index (χ2v) is 6.25. The van der Waals surface area contributed by atoms with Gasteiger partial charge < -0.3 is 9.64 Å². The molecule has 0 unspecified atom stereocenters. The molecule has 1 fully saturated rings. The number of amides is 1. The van der Waals surface area contributed by atoms with Gasteiger partial charge in [-0.25, -0.2) is 13.1 Å². The second kappa shape index (κ2) is 5.80. The van der Waals surface area contributed by atoms with Crippen LogP contribution in [0.25, 0.3) is 0 Å². The first-order chi connectivity index (χ1) is 9.49. The summed E-state index contributed by atoms with van der Waals surface area (Å²) in [6.07, 6.45) is 1.25. The van der Waals surface area contributed by atoms with E-state index < -0.39 is 10.0 Å². The minimum atomic E-state index is -3.55. The molecular weight excluding hydrogens is 280 g/mol. The van der Waals surface area contributed by atoms with Gasteiger partial charge in [0.25, 0.3) is 0 Å². The smallest absolute Gasteiger partial charge is 0.240 e. The van der Waals surface area contributed by atoms with Crippen LogP contribution in [0.4, 0.5) is 5.69 Å². The Balaban J connectivity index is 2.47. The maximum Gasteiger partial charge on any atom is 0.240 e. The minimum Gasteiger partial charge on any atom is -0.495 e. The number of benzene rings is 1. The number of sulfonamides is 1. The van der Waals surface area contributed by atoms with Gasteiger partial charge in [-0.15, -0.1) is 0 Å². The average molecular weight is 298 g/mol. The summed E-state index contributed by atoms with van der Waals surface area (Å²) in [5, 5.41) is 0. The van der Waals surface area contributed by atoms with Crippen molar-refractivity contribution >= 4 is 21.6 Å². The Hall–Kier alpha value is -1.60. The Morgan fingerprint density at radius 3 is 2.70 bits per heavy atom. The van der Waals surface area contributed by atoms with Crippen LogP contribution in [0.3, 0.4) is 0 Å². The number of ether oxygens (including phenoxy) is 1. The van der Waals surface area contributed by atoms with Crippen LogP contribution in [0.2, 0.25) is 0 Å². The number of nitrogens with one attached hydrogen (secondary N) is 1. The molecule has 1 aromatic carbocycles. The van der Waals surface area contributed by atoms with E-state index in [2.05, 4.69) is 4.72 Å². The van der Waals surface area contributed by atoms with Crippen molar-refractivity contribution in [3.05, 3.63) is 18.2 Å². The summed E-state index contributed by atoms with van der Waals surface area (Å²) in [4.78, 5) is 13.5. The largest absolute Gasteiger partial charge is 0.495 e. The maximum absolute atomic E-state index is 12.0. The number of methoxy groups -OCH3 is 1. The first-order valence-corrected chi connectivity index (χ1v) is 7.96. The molecule has 6 nitrogen and oxygen atoms in total. The molecule has 1 aromatic rings. The van der Waals surface area contributed by atoms with Crippen molar-refractivity contribution in [1.82, 2.24) is 4.72 Å². The van der Waals surface area contributed by atoms with Gasteiger partial charge in [-0.1, -0.05) is 6.92 Å². The van der Waals surface area contributed by atoms with E-state index in [0.29, 0.717) is 30.9 Å². The number of rotatable bonds is 5. The highest BCUT2D eigenvalue weighted by Gasteiger charge is 2.26. The van der Waals surface area contributed by atoms with Gasteiger partial charge in [-0.3, -0.25) is 4.79 Å². The second-order valence-electron chi connectivity index (χ2n) is 4.48. The molecule has 1 aliphatic rings. The number of carbonyl (C=O) groups excluding carboxylic acids is 1. The van der Waals surface area contributed by atoms with Crippen LogP contribution < -0.4 is 14.4 Å². The van der Waals surface area contributed by atoms with Crippen LogP contribution in [-0.2, 0) is 14.8 Å².